The minimum atomic E-state index is -0.958. The molecule has 0 aromatic rings. The Morgan fingerprint density at radius 3 is 2.60 bits per heavy atom. The first-order valence-corrected chi connectivity index (χ1v) is 9.67. The highest BCUT2D eigenvalue weighted by atomic mass is 32.2. The van der Waals surface area contributed by atoms with E-state index in [2.05, 4.69) is 12.6 Å². The first kappa shape index (κ1) is 16.2. The van der Waals surface area contributed by atoms with Crippen LogP contribution in [0.4, 0.5) is 0 Å². The van der Waals surface area contributed by atoms with Gasteiger partial charge in [0, 0.05) is 39.7 Å². The smallest absolute Gasteiger partial charge is 0.327 e. The van der Waals surface area contributed by atoms with Crippen molar-refractivity contribution < 1.29 is 18.9 Å². The topological polar surface area (TPSA) is 74.7 Å². The van der Waals surface area contributed by atoms with Crippen LogP contribution in [-0.4, -0.2) is 60.0 Å². The third kappa shape index (κ3) is 2.87. The average molecular weight is 337 g/mol. The quantitative estimate of drug-likeness (QED) is 0.746. The number of carbonyl (C=O) groups is 2. The predicted octanol–water partition coefficient (Wildman–Crippen LogP) is 0.820. The summed E-state index contributed by atoms with van der Waals surface area (Å²) in [4.78, 5) is 25.1. The summed E-state index contributed by atoms with van der Waals surface area (Å²) in [5.74, 6) is 0.479. The van der Waals surface area contributed by atoms with E-state index in [1.54, 1.807) is 11.8 Å². The van der Waals surface area contributed by atoms with Gasteiger partial charge in [-0.05, 0) is 12.8 Å². The van der Waals surface area contributed by atoms with E-state index in [0.29, 0.717) is 35.9 Å². The molecule has 1 N–H and O–H groups in total. The maximum atomic E-state index is 12.6. The summed E-state index contributed by atoms with van der Waals surface area (Å²) in [5.41, 5.74) is 0. The molecule has 0 saturated carbocycles. The molecular weight excluding hydrogens is 318 g/mol. The zero-order valence-corrected chi connectivity index (χ0v) is 13.8. The van der Waals surface area contributed by atoms with Gasteiger partial charge in [0.15, 0.2) is 0 Å². The molecular formula is C12H19NO4S3. The summed E-state index contributed by atoms with van der Waals surface area (Å²) in [6.45, 7) is 1.77. The molecule has 2 heterocycles. The summed E-state index contributed by atoms with van der Waals surface area (Å²) in [5, 5.41) is 9.37. The molecule has 2 aliphatic heterocycles. The fourth-order valence-corrected chi connectivity index (χ4v) is 6.03. The van der Waals surface area contributed by atoms with E-state index in [-0.39, 0.29) is 11.8 Å². The second kappa shape index (κ2) is 6.27. The number of thiol groups is 1. The number of nitrogens with zero attached hydrogens (tertiary/aromatic N) is 1. The third-order valence-electron chi connectivity index (χ3n) is 3.92. The molecule has 2 saturated heterocycles. The summed E-state index contributed by atoms with van der Waals surface area (Å²) in [6, 6.07) is -0.777. The SMILES string of the molecule is CC(CS)C(=O)N1C(C(=O)O)CSC12CCS(=O)CC2. The van der Waals surface area contributed by atoms with E-state index >= 15 is 0 Å². The normalized spacial score (nSPS) is 35.2. The Morgan fingerprint density at radius 2 is 2.10 bits per heavy atom. The summed E-state index contributed by atoms with van der Waals surface area (Å²) < 4.78 is 11.6. The molecule has 2 atom stereocenters. The first-order chi connectivity index (χ1) is 9.41. The van der Waals surface area contributed by atoms with E-state index in [1.165, 1.54) is 11.8 Å². The van der Waals surface area contributed by atoms with Crippen molar-refractivity contribution in [3.63, 3.8) is 0 Å². The van der Waals surface area contributed by atoms with Crippen LogP contribution in [0.2, 0.25) is 0 Å². The van der Waals surface area contributed by atoms with Crippen molar-refractivity contribution in [3.8, 4) is 0 Å². The van der Waals surface area contributed by atoms with Gasteiger partial charge in [0.25, 0.3) is 0 Å². The van der Waals surface area contributed by atoms with Crippen molar-refractivity contribution in [2.24, 2.45) is 5.92 Å². The van der Waals surface area contributed by atoms with E-state index in [9.17, 15) is 18.9 Å². The molecule has 1 spiro atoms. The van der Waals surface area contributed by atoms with Gasteiger partial charge in [-0.1, -0.05) is 6.92 Å². The largest absolute Gasteiger partial charge is 0.480 e. The second-order valence-electron chi connectivity index (χ2n) is 5.25. The van der Waals surface area contributed by atoms with Gasteiger partial charge in [-0.2, -0.15) is 12.6 Å². The van der Waals surface area contributed by atoms with Crippen LogP contribution in [0, 0.1) is 5.92 Å². The van der Waals surface area contributed by atoms with Gasteiger partial charge in [-0.15, -0.1) is 11.8 Å². The molecule has 0 aliphatic carbocycles. The van der Waals surface area contributed by atoms with Crippen molar-refractivity contribution in [2.75, 3.05) is 23.0 Å². The van der Waals surface area contributed by atoms with E-state index in [0.717, 1.165) is 0 Å². The Hall–Kier alpha value is -0.210. The molecule has 0 radical (unpaired) electrons. The summed E-state index contributed by atoms with van der Waals surface area (Å²) >= 11 is 5.68. The van der Waals surface area contributed by atoms with Gasteiger partial charge >= 0.3 is 5.97 Å². The second-order valence-corrected chi connectivity index (χ2v) is 8.69. The Balaban J connectivity index is 2.29. The van der Waals surface area contributed by atoms with Crippen LogP contribution in [0.1, 0.15) is 19.8 Å². The predicted molar refractivity (Wildman–Crippen MR) is 83.6 cm³/mol. The van der Waals surface area contributed by atoms with Crippen molar-refractivity contribution >= 4 is 47.1 Å². The number of carboxylic acids is 1. The van der Waals surface area contributed by atoms with Crippen LogP contribution < -0.4 is 0 Å². The minimum Gasteiger partial charge on any atom is -0.480 e. The number of thioether (sulfide) groups is 1. The molecule has 20 heavy (non-hydrogen) atoms. The highest BCUT2D eigenvalue weighted by molar-refractivity contribution is 8.01. The maximum absolute atomic E-state index is 12.6. The van der Waals surface area contributed by atoms with Crippen molar-refractivity contribution in [1.82, 2.24) is 4.90 Å². The van der Waals surface area contributed by atoms with Crippen LogP contribution in [0.15, 0.2) is 0 Å². The van der Waals surface area contributed by atoms with E-state index < -0.39 is 27.7 Å². The zero-order valence-electron chi connectivity index (χ0n) is 11.3. The highest BCUT2D eigenvalue weighted by Crippen LogP contribution is 2.47. The lowest BCUT2D eigenvalue weighted by Crippen LogP contribution is -2.56. The Labute approximate surface area is 130 Å². The minimum absolute atomic E-state index is 0.148. The van der Waals surface area contributed by atoms with Crippen LogP contribution in [0.3, 0.4) is 0 Å². The molecule has 0 aromatic heterocycles. The molecule has 2 rings (SSSR count). The van der Waals surface area contributed by atoms with Crippen molar-refractivity contribution in [2.45, 2.75) is 30.7 Å². The lowest BCUT2D eigenvalue weighted by Gasteiger charge is -2.42. The number of rotatable bonds is 3. The Bertz CT molecular complexity index is 432. The Morgan fingerprint density at radius 1 is 1.50 bits per heavy atom. The van der Waals surface area contributed by atoms with Crippen molar-refractivity contribution in [3.05, 3.63) is 0 Å². The number of hydrogen-bond acceptors (Lipinski definition) is 5. The van der Waals surface area contributed by atoms with E-state index in [1.807, 2.05) is 0 Å². The molecule has 2 unspecified atom stereocenters. The van der Waals surface area contributed by atoms with E-state index in [4.69, 9.17) is 0 Å². The third-order valence-corrected chi connectivity index (χ3v) is 7.41. The summed E-state index contributed by atoms with van der Waals surface area (Å²) in [6.07, 6.45) is 1.22. The number of hydrogen-bond donors (Lipinski definition) is 2. The lowest BCUT2D eigenvalue weighted by molar-refractivity contribution is -0.153. The van der Waals surface area contributed by atoms with Gasteiger partial charge in [0.1, 0.15) is 6.04 Å². The number of amides is 1. The molecule has 1 amide bonds. The number of carboxylic acid groups (broad SMARTS) is 1. The number of carbonyl (C=O) groups excluding carboxylic acids is 1. The van der Waals surface area contributed by atoms with Crippen molar-refractivity contribution in [1.29, 1.82) is 0 Å². The maximum Gasteiger partial charge on any atom is 0.327 e. The van der Waals surface area contributed by atoms with Crippen LogP contribution in [0.25, 0.3) is 0 Å². The van der Waals surface area contributed by atoms with Gasteiger partial charge in [-0.3, -0.25) is 9.00 Å². The highest BCUT2D eigenvalue weighted by Gasteiger charge is 2.53. The molecule has 2 aliphatic rings. The number of aliphatic carboxylic acids is 1. The van der Waals surface area contributed by atoms with Crippen LogP contribution >= 0.6 is 24.4 Å². The molecule has 5 nitrogen and oxygen atoms in total. The Kier molecular flexibility index (Phi) is 5.07. The zero-order chi connectivity index (χ0) is 14.9. The van der Waals surface area contributed by atoms with Gasteiger partial charge in [0.05, 0.1) is 4.87 Å². The van der Waals surface area contributed by atoms with Crippen LogP contribution in [-0.2, 0) is 20.4 Å². The van der Waals surface area contributed by atoms with Gasteiger partial charge in [0.2, 0.25) is 5.91 Å². The monoisotopic (exact) mass is 337 g/mol. The molecule has 2 fully saturated rings. The standard InChI is InChI=1S/C12H19NO4S3/c1-8(6-18)10(14)13-9(11(15)16)7-19-12(13)2-4-20(17)5-3-12/h8-9,18H,2-7H2,1H3,(H,15,16). The fraction of sp³-hybridized carbons (Fsp3) is 0.833. The summed E-state index contributed by atoms with van der Waals surface area (Å²) in [7, 11) is -0.839. The van der Waals surface area contributed by atoms with Gasteiger partial charge < -0.3 is 10.0 Å². The molecule has 8 heteroatoms. The fourth-order valence-electron chi connectivity index (χ4n) is 2.67. The first-order valence-electron chi connectivity index (χ1n) is 6.57. The molecule has 114 valence electrons. The van der Waals surface area contributed by atoms with Crippen LogP contribution in [0.5, 0.6) is 0 Å². The van der Waals surface area contributed by atoms with Gasteiger partial charge in [-0.25, -0.2) is 4.79 Å². The molecule has 0 aromatic carbocycles. The molecule has 0 bridgehead atoms. The average Bonchev–Trinajstić information content (AvgIpc) is 2.80. The lowest BCUT2D eigenvalue weighted by atomic mass is 10.0.